The van der Waals surface area contributed by atoms with Crippen molar-refractivity contribution < 1.29 is 19.8 Å². The van der Waals surface area contributed by atoms with E-state index in [4.69, 9.17) is 5.11 Å². The van der Waals surface area contributed by atoms with E-state index in [0.29, 0.717) is 17.8 Å². The first kappa shape index (κ1) is 23.2. The molecule has 1 aliphatic rings. The molecule has 1 aromatic carbocycles. The summed E-state index contributed by atoms with van der Waals surface area (Å²) in [5, 5.41) is 19.6. The molecule has 3 rings (SSSR count). The predicted molar refractivity (Wildman–Crippen MR) is 123 cm³/mol. The van der Waals surface area contributed by atoms with E-state index in [1.54, 1.807) is 6.07 Å². The number of aryl methyl sites for hydroxylation is 2. The minimum atomic E-state index is -0.896. The van der Waals surface area contributed by atoms with Gasteiger partial charge in [-0.05, 0) is 55.7 Å². The van der Waals surface area contributed by atoms with Crippen LogP contribution >= 0.6 is 11.3 Å². The maximum atomic E-state index is 12.3. The van der Waals surface area contributed by atoms with Crippen LogP contribution in [-0.4, -0.2) is 45.7 Å². The summed E-state index contributed by atoms with van der Waals surface area (Å²) in [6.07, 6.45) is 8.03. The van der Waals surface area contributed by atoms with Gasteiger partial charge in [-0.3, -0.25) is 4.79 Å². The van der Waals surface area contributed by atoms with E-state index in [2.05, 4.69) is 19.1 Å². The Kier molecular flexibility index (Phi) is 8.43. The number of hydrogen-bond acceptors (Lipinski definition) is 4. The van der Waals surface area contributed by atoms with Gasteiger partial charge in [0.2, 0.25) is 5.91 Å². The number of aromatic carboxylic acids is 1. The lowest BCUT2D eigenvalue weighted by Crippen LogP contribution is -2.33. The van der Waals surface area contributed by atoms with Crippen molar-refractivity contribution in [3.63, 3.8) is 0 Å². The Hall–Kier alpha value is -2.44. The molecule has 0 bridgehead atoms. The van der Waals surface area contributed by atoms with E-state index in [1.807, 2.05) is 41.3 Å². The summed E-state index contributed by atoms with van der Waals surface area (Å²) in [6, 6.07) is 13.8. The Morgan fingerprint density at radius 2 is 2.00 bits per heavy atom. The summed E-state index contributed by atoms with van der Waals surface area (Å²) in [7, 11) is 0. The van der Waals surface area contributed by atoms with Crippen LogP contribution in [0.5, 0.6) is 0 Å². The van der Waals surface area contributed by atoms with Crippen molar-refractivity contribution in [1.82, 2.24) is 4.90 Å². The Labute approximate surface area is 188 Å². The molecule has 2 aromatic rings. The maximum absolute atomic E-state index is 12.3. The van der Waals surface area contributed by atoms with Gasteiger partial charge in [-0.2, -0.15) is 0 Å². The number of aliphatic hydroxyl groups is 1. The molecule has 0 unspecified atom stereocenters. The van der Waals surface area contributed by atoms with Gasteiger partial charge in [-0.1, -0.05) is 49.4 Å². The van der Waals surface area contributed by atoms with E-state index in [0.717, 1.165) is 37.0 Å². The summed E-state index contributed by atoms with van der Waals surface area (Å²) >= 11 is 1.30. The molecular formula is C25H31NO4S. The molecule has 0 aliphatic carbocycles. The SMILES string of the molecule is C[C@@H](CCc1ccccc1)[C@@H](O)C=C[C@H]1CCC(=O)N1CCCc1ccc(C(=O)O)s1. The van der Waals surface area contributed by atoms with E-state index in [9.17, 15) is 14.7 Å². The van der Waals surface area contributed by atoms with Crippen molar-refractivity contribution in [1.29, 1.82) is 0 Å². The number of carbonyl (C=O) groups is 2. The molecule has 2 N–H and O–H groups in total. The number of carboxylic acids is 1. The number of thiophene rings is 1. The van der Waals surface area contributed by atoms with Crippen LogP contribution < -0.4 is 0 Å². The highest BCUT2D eigenvalue weighted by Gasteiger charge is 2.28. The van der Waals surface area contributed by atoms with Crippen LogP contribution in [-0.2, 0) is 17.6 Å². The number of amides is 1. The summed E-state index contributed by atoms with van der Waals surface area (Å²) < 4.78 is 0. The monoisotopic (exact) mass is 441 g/mol. The molecule has 6 heteroatoms. The Balaban J connectivity index is 1.46. The highest BCUT2D eigenvalue weighted by Crippen LogP contribution is 2.23. The number of rotatable bonds is 11. The van der Waals surface area contributed by atoms with E-state index in [1.165, 1.54) is 16.9 Å². The van der Waals surface area contributed by atoms with Crippen LogP contribution in [0.1, 0.15) is 52.7 Å². The number of aliphatic hydroxyl groups excluding tert-OH is 1. The number of carboxylic acid groups (broad SMARTS) is 1. The van der Waals surface area contributed by atoms with Gasteiger partial charge in [-0.25, -0.2) is 4.79 Å². The van der Waals surface area contributed by atoms with Gasteiger partial charge in [-0.15, -0.1) is 11.3 Å². The summed E-state index contributed by atoms with van der Waals surface area (Å²) in [6.45, 7) is 2.70. The quantitative estimate of drug-likeness (QED) is 0.501. The zero-order valence-corrected chi connectivity index (χ0v) is 18.8. The normalized spacial score (nSPS) is 18.6. The summed E-state index contributed by atoms with van der Waals surface area (Å²) in [4.78, 5) is 26.6. The average molecular weight is 442 g/mol. The average Bonchev–Trinajstić information content (AvgIpc) is 3.38. The molecule has 1 aromatic heterocycles. The van der Waals surface area contributed by atoms with Crippen LogP contribution in [0, 0.1) is 5.92 Å². The molecule has 0 spiro atoms. The third-order valence-electron chi connectivity index (χ3n) is 5.91. The summed E-state index contributed by atoms with van der Waals surface area (Å²) in [5.41, 5.74) is 1.28. The van der Waals surface area contributed by atoms with Gasteiger partial charge >= 0.3 is 5.97 Å². The molecule has 1 aliphatic heterocycles. The zero-order chi connectivity index (χ0) is 22.2. The van der Waals surface area contributed by atoms with Crippen molar-refractivity contribution in [2.75, 3.05) is 6.54 Å². The van der Waals surface area contributed by atoms with Gasteiger partial charge in [0.05, 0.1) is 12.1 Å². The molecule has 1 fully saturated rings. The lowest BCUT2D eigenvalue weighted by Gasteiger charge is -2.23. The number of carbonyl (C=O) groups excluding carboxylic acids is 1. The van der Waals surface area contributed by atoms with Crippen molar-refractivity contribution >= 4 is 23.2 Å². The van der Waals surface area contributed by atoms with Gasteiger partial charge in [0, 0.05) is 17.8 Å². The first-order valence-electron chi connectivity index (χ1n) is 11.0. The van der Waals surface area contributed by atoms with Crippen LogP contribution in [0.3, 0.4) is 0 Å². The Bertz CT molecular complexity index is 892. The first-order chi connectivity index (χ1) is 14.9. The topological polar surface area (TPSA) is 77.8 Å². The lowest BCUT2D eigenvalue weighted by atomic mass is 9.95. The third kappa shape index (κ3) is 6.77. The van der Waals surface area contributed by atoms with Crippen molar-refractivity contribution in [3.05, 3.63) is 69.9 Å². The molecule has 0 saturated carbocycles. The largest absolute Gasteiger partial charge is 0.477 e. The van der Waals surface area contributed by atoms with Crippen molar-refractivity contribution in [2.24, 2.45) is 5.92 Å². The molecular weight excluding hydrogens is 410 g/mol. The molecule has 5 nitrogen and oxygen atoms in total. The first-order valence-corrected chi connectivity index (χ1v) is 11.8. The van der Waals surface area contributed by atoms with Crippen LogP contribution in [0.2, 0.25) is 0 Å². The van der Waals surface area contributed by atoms with Crippen molar-refractivity contribution in [3.8, 4) is 0 Å². The number of likely N-dealkylation sites (tertiary alicyclic amines) is 1. The van der Waals surface area contributed by atoms with E-state index < -0.39 is 12.1 Å². The fourth-order valence-corrected chi connectivity index (χ4v) is 4.83. The fraction of sp³-hybridized carbons (Fsp3) is 0.440. The molecule has 166 valence electrons. The second kappa shape index (κ2) is 11.3. The van der Waals surface area contributed by atoms with Gasteiger partial charge in [0.15, 0.2) is 0 Å². The molecule has 3 atom stereocenters. The van der Waals surface area contributed by atoms with Crippen molar-refractivity contribution in [2.45, 2.75) is 57.6 Å². The van der Waals surface area contributed by atoms with Gasteiger partial charge in [0.1, 0.15) is 4.88 Å². The van der Waals surface area contributed by atoms with Gasteiger partial charge < -0.3 is 15.1 Å². The Morgan fingerprint density at radius 3 is 2.71 bits per heavy atom. The lowest BCUT2D eigenvalue weighted by molar-refractivity contribution is -0.128. The molecule has 1 amide bonds. The minimum absolute atomic E-state index is 0.0291. The van der Waals surface area contributed by atoms with E-state index >= 15 is 0 Å². The molecule has 0 radical (unpaired) electrons. The minimum Gasteiger partial charge on any atom is -0.477 e. The Morgan fingerprint density at radius 1 is 1.23 bits per heavy atom. The maximum Gasteiger partial charge on any atom is 0.345 e. The standard InChI is InChI=1S/C25H31NO4S/c1-18(9-10-19-6-3-2-4-7-19)22(27)14-11-20-12-16-24(28)26(20)17-5-8-21-13-15-23(31-21)25(29)30/h2-4,6-7,11,13-15,18,20,22,27H,5,8-10,12,16-17H2,1H3,(H,29,30)/t18-,20-,22-/m0/s1. The third-order valence-corrected chi connectivity index (χ3v) is 7.05. The molecule has 31 heavy (non-hydrogen) atoms. The fourth-order valence-electron chi connectivity index (χ4n) is 3.94. The van der Waals surface area contributed by atoms with Gasteiger partial charge in [0.25, 0.3) is 0 Å². The molecule has 1 saturated heterocycles. The highest BCUT2D eigenvalue weighted by molar-refractivity contribution is 7.13. The number of hydrogen-bond donors (Lipinski definition) is 2. The number of benzene rings is 1. The van der Waals surface area contributed by atoms with Crippen LogP contribution in [0.25, 0.3) is 0 Å². The molecule has 2 heterocycles. The second-order valence-electron chi connectivity index (χ2n) is 8.24. The second-order valence-corrected chi connectivity index (χ2v) is 9.41. The number of nitrogens with zero attached hydrogens (tertiary/aromatic N) is 1. The highest BCUT2D eigenvalue weighted by atomic mass is 32.1. The smallest absolute Gasteiger partial charge is 0.345 e. The summed E-state index contributed by atoms with van der Waals surface area (Å²) in [5.74, 6) is -0.601. The van der Waals surface area contributed by atoms with Crippen LogP contribution in [0.15, 0.2) is 54.6 Å². The van der Waals surface area contributed by atoms with E-state index in [-0.39, 0.29) is 17.9 Å². The predicted octanol–water partition coefficient (Wildman–Crippen LogP) is 4.56. The zero-order valence-electron chi connectivity index (χ0n) is 17.9. The van der Waals surface area contributed by atoms with Crippen LogP contribution in [0.4, 0.5) is 0 Å².